The summed E-state index contributed by atoms with van der Waals surface area (Å²) in [6.45, 7) is 11.5. The van der Waals surface area contributed by atoms with Crippen molar-refractivity contribution in [2.75, 3.05) is 44.7 Å². The number of amides is 1. The van der Waals surface area contributed by atoms with Gasteiger partial charge in [-0.1, -0.05) is 48.0 Å². The van der Waals surface area contributed by atoms with Gasteiger partial charge in [0.25, 0.3) is 0 Å². The number of anilines is 1. The van der Waals surface area contributed by atoms with Crippen LogP contribution in [0.1, 0.15) is 23.6 Å². The monoisotopic (exact) mass is 429 g/mol. The van der Waals surface area contributed by atoms with Crippen LogP contribution in [-0.4, -0.2) is 61.1 Å². The summed E-state index contributed by atoms with van der Waals surface area (Å²) in [5, 5.41) is 3.61. The Hall–Kier alpha value is -1.92. The van der Waals surface area contributed by atoms with Gasteiger partial charge in [0.05, 0.1) is 30.5 Å². The molecule has 0 bridgehead atoms. The van der Waals surface area contributed by atoms with Crippen LogP contribution in [0.5, 0.6) is 0 Å². The Balaban J connectivity index is 1.70. The summed E-state index contributed by atoms with van der Waals surface area (Å²) in [5.74, 6) is -0.0476. The van der Waals surface area contributed by atoms with Crippen molar-refractivity contribution in [1.82, 2.24) is 9.80 Å². The van der Waals surface area contributed by atoms with Crippen molar-refractivity contribution in [1.29, 1.82) is 0 Å². The van der Waals surface area contributed by atoms with Gasteiger partial charge in [-0.25, -0.2) is 0 Å². The second-order valence-electron chi connectivity index (χ2n) is 8.14. The molecule has 0 radical (unpaired) electrons. The fraction of sp³-hybridized carbons (Fsp3) is 0.458. The van der Waals surface area contributed by atoms with Crippen molar-refractivity contribution in [3.8, 4) is 0 Å². The molecule has 0 spiro atoms. The Morgan fingerprint density at radius 1 is 1.20 bits per heavy atom. The highest BCUT2D eigenvalue weighted by molar-refractivity contribution is 6.34. The average Bonchev–Trinajstić information content (AvgIpc) is 2.71. The van der Waals surface area contributed by atoms with E-state index in [2.05, 4.69) is 34.2 Å². The number of nitrogens with zero attached hydrogens (tertiary/aromatic N) is 2. The minimum atomic E-state index is -0.0476. The van der Waals surface area contributed by atoms with E-state index >= 15 is 0 Å². The van der Waals surface area contributed by atoms with Crippen molar-refractivity contribution >= 4 is 23.2 Å². The first-order chi connectivity index (χ1) is 14.4. The van der Waals surface area contributed by atoms with Crippen LogP contribution in [-0.2, 0) is 16.1 Å². The molecule has 162 valence electrons. The van der Waals surface area contributed by atoms with Crippen molar-refractivity contribution < 1.29 is 9.53 Å². The number of morpholine rings is 1. The fourth-order valence-corrected chi connectivity index (χ4v) is 4.26. The van der Waals surface area contributed by atoms with Gasteiger partial charge in [0.2, 0.25) is 5.91 Å². The molecule has 1 saturated heterocycles. The van der Waals surface area contributed by atoms with Crippen LogP contribution < -0.4 is 5.32 Å². The third kappa shape index (κ3) is 6.54. The van der Waals surface area contributed by atoms with Crippen LogP contribution in [0.15, 0.2) is 42.5 Å². The normalized spacial score (nSPS) is 15.9. The van der Waals surface area contributed by atoms with Crippen LogP contribution in [0.3, 0.4) is 0 Å². The minimum absolute atomic E-state index is 0.0476. The molecule has 2 aromatic rings. The maximum Gasteiger partial charge on any atom is 0.238 e. The fourth-order valence-electron chi connectivity index (χ4n) is 3.90. The third-order valence-electron chi connectivity index (χ3n) is 5.52. The lowest BCUT2D eigenvalue weighted by Crippen LogP contribution is -2.47. The first kappa shape index (κ1) is 22.8. The Morgan fingerprint density at radius 3 is 2.57 bits per heavy atom. The molecule has 30 heavy (non-hydrogen) atoms. The maximum atomic E-state index is 13.0. The largest absolute Gasteiger partial charge is 0.379 e. The van der Waals surface area contributed by atoms with E-state index in [1.54, 1.807) is 0 Å². The van der Waals surface area contributed by atoms with Crippen molar-refractivity contribution in [2.45, 2.75) is 33.4 Å². The Bertz CT molecular complexity index is 815. The third-order valence-corrected chi connectivity index (χ3v) is 5.82. The van der Waals surface area contributed by atoms with Gasteiger partial charge < -0.3 is 10.1 Å². The van der Waals surface area contributed by atoms with E-state index in [1.807, 2.05) is 44.2 Å². The molecule has 3 rings (SSSR count). The summed E-state index contributed by atoms with van der Waals surface area (Å²) in [4.78, 5) is 17.6. The number of nitrogens with one attached hydrogen (secondary N) is 1. The molecule has 2 aromatic carbocycles. The molecular weight excluding hydrogens is 398 g/mol. The Morgan fingerprint density at radius 2 is 1.90 bits per heavy atom. The second-order valence-corrected chi connectivity index (χ2v) is 8.55. The smallest absolute Gasteiger partial charge is 0.238 e. The van der Waals surface area contributed by atoms with Crippen molar-refractivity contribution in [3.63, 3.8) is 0 Å². The molecule has 1 amide bonds. The van der Waals surface area contributed by atoms with E-state index < -0.39 is 0 Å². The SMILES string of the molecule is Cc1cc(C)c(NC(=O)CN(Cc2ccccc2)C(C)CN2CCOCC2)c(Cl)c1. The van der Waals surface area contributed by atoms with Gasteiger partial charge in [-0.3, -0.25) is 14.6 Å². The van der Waals surface area contributed by atoms with E-state index in [4.69, 9.17) is 16.3 Å². The van der Waals surface area contributed by atoms with Crippen molar-refractivity contribution in [3.05, 3.63) is 64.2 Å². The topological polar surface area (TPSA) is 44.8 Å². The summed E-state index contributed by atoms with van der Waals surface area (Å²) in [6, 6.07) is 14.4. The lowest BCUT2D eigenvalue weighted by atomic mass is 10.1. The number of carbonyl (C=O) groups is 1. The van der Waals surface area contributed by atoms with Crippen molar-refractivity contribution in [2.24, 2.45) is 0 Å². The van der Waals surface area contributed by atoms with Crippen LogP contribution >= 0.6 is 11.6 Å². The zero-order chi connectivity index (χ0) is 21.5. The van der Waals surface area contributed by atoms with E-state index in [0.29, 0.717) is 17.3 Å². The van der Waals surface area contributed by atoms with Gasteiger partial charge in [0.15, 0.2) is 0 Å². The number of rotatable bonds is 8. The summed E-state index contributed by atoms with van der Waals surface area (Å²) < 4.78 is 5.47. The molecule has 5 nitrogen and oxygen atoms in total. The summed E-state index contributed by atoms with van der Waals surface area (Å²) >= 11 is 6.39. The Kier molecular flexibility index (Phi) is 8.28. The molecular formula is C24H32ClN3O2. The molecule has 0 saturated carbocycles. The average molecular weight is 430 g/mol. The van der Waals surface area contributed by atoms with Gasteiger partial charge in [-0.05, 0) is 43.5 Å². The van der Waals surface area contributed by atoms with E-state index in [0.717, 1.165) is 50.5 Å². The second kappa shape index (κ2) is 10.9. The number of halogens is 1. The summed E-state index contributed by atoms with van der Waals surface area (Å²) in [6.07, 6.45) is 0. The van der Waals surface area contributed by atoms with Gasteiger partial charge >= 0.3 is 0 Å². The lowest BCUT2D eigenvalue weighted by Gasteiger charge is -2.34. The molecule has 1 fully saturated rings. The predicted molar refractivity (Wildman–Crippen MR) is 123 cm³/mol. The highest BCUT2D eigenvalue weighted by Crippen LogP contribution is 2.27. The van der Waals surface area contributed by atoms with E-state index in [1.165, 1.54) is 5.56 Å². The van der Waals surface area contributed by atoms with Crippen LogP contribution in [0.4, 0.5) is 5.69 Å². The number of benzene rings is 2. The molecule has 0 aliphatic carbocycles. The minimum Gasteiger partial charge on any atom is -0.379 e. The molecule has 1 N–H and O–H groups in total. The maximum absolute atomic E-state index is 13.0. The number of hydrogen-bond acceptors (Lipinski definition) is 4. The molecule has 1 aliphatic rings. The number of carbonyl (C=O) groups excluding carboxylic acids is 1. The lowest BCUT2D eigenvalue weighted by molar-refractivity contribution is -0.118. The number of ether oxygens (including phenoxy) is 1. The van der Waals surface area contributed by atoms with Gasteiger partial charge in [-0.15, -0.1) is 0 Å². The van der Waals surface area contributed by atoms with Crippen LogP contribution in [0, 0.1) is 13.8 Å². The molecule has 1 aliphatic heterocycles. The van der Waals surface area contributed by atoms with Gasteiger partial charge in [-0.2, -0.15) is 0 Å². The quantitative estimate of drug-likeness (QED) is 0.685. The standard InChI is InChI=1S/C24H32ClN3O2/c1-18-13-19(2)24(22(25)14-18)26-23(29)17-28(16-21-7-5-4-6-8-21)20(3)15-27-9-11-30-12-10-27/h4-8,13-14,20H,9-12,15-17H2,1-3H3,(H,26,29). The van der Waals surface area contributed by atoms with E-state index in [9.17, 15) is 4.79 Å². The number of aryl methyl sites for hydroxylation is 2. The Labute approximate surface area is 185 Å². The molecule has 1 atom stereocenters. The first-order valence-electron chi connectivity index (χ1n) is 10.6. The van der Waals surface area contributed by atoms with E-state index in [-0.39, 0.29) is 11.9 Å². The zero-order valence-corrected chi connectivity index (χ0v) is 18.9. The molecule has 1 unspecified atom stereocenters. The molecule has 6 heteroatoms. The summed E-state index contributed by atoms with van der Waals surface area (Å²) in [7, 11) is 0. The highest BCUT2D eigenvalue weighted by atomic mass is 35.5. The molecule has 0 aromatic heterocycles. The zero-order valence-electron chi connectivity index (χ0n) is 18.2. The predicted octanol–water partition coefficient (Wildman–Crippen LogP) is 4.12. The van der Waals surface area contributed by atoms with Crippen LogP contribution in [0.2, 0.25) is 5.02 Å². The van der Waals surface area contributed by atoms with Crippen LogP contribution in [0.25, 0.3) is 0 Å². The first-order valence-corrected chi connectivity index (χ1v) is 10.9. The highest BCUT2D eigenvalue weighted by Gasteiger charge is 2.22. The number of hydrogen-bond donors (Lipinski definition) is 1. The van der Waals surface area contributed by atoms with Gasteiger partial charge in [0.1, 0.15) is 0 Å². The van der Waals surface area contributed by atoms with Gasteiger partial charge in [0, 0.05) is 32.2 Å². The summed E-state index contributed by atoms with van der Waals surface area (Å²) in [5.41, 5.74) is 3.96. The molecule has 1 heterocycles.